The van der Waals surface area contributed by atoms with E-state index in [0.29, 0.717) is 18.9 Å². The molecule has 132 valence electrons. The summed E-state index contributed by atoms with van der Waals surface area (Å²) in [6, 6.07) is 8.41. The molecule has 2 rings (SSSR count). The van der Waals surface area contributed by atoms with Gasteiger partial charge in [0.15, 0.2) is 0 Å². The summed E-state index contributed by atoms with van der Waals surface area (Å²) in [6.45, 7) is 2.22. The van der Waals surface area contributed by atoms with E-state index < -0.39 is 0 Å². The average Bonchev–Trinajstić information content (AvgIpc) is 2.49. The Morgan fingerprint density at radius 3 is 2.46 bits per heavy atom. The Kier molecular flexibility index (Phi) is 7.76. The number of benzene rings is 1. The highest BCUT2D eigenvalue weighted by atomic mass is 79.9. The van der Waals surface area contributed by atoms with Crippen LogP contribution in [0.25, 0.3) is 0 Å². The quantitative estimate of drug-likeness (QED) is 0.619. The number of unbranched alkanes of at least 4 members (excludes halogenated alkanes) is 2. The average molecular weight is 395 g/mol. The lowest BCUT2D eigenvalue weighted by Gasteiger charge is -2.34. The molecule has 0 aromatic heterocycles. The molecular formula is C19H27BrN2O2. The van der Waals surface area contributed by atoms with Crippen molar-refractivity contribution in [3.8, 4) is 0 Å². The van der Waals surface area contributed by atoms with Crippen molar-refractivity contribution in [2.75, 3.05) is 6.54 Å². The molecule has 0 aliphatic heterocycles. The molecule has 0 heterocycles. The van der Waals surface area contributed by atoms with Crippen LogP contribution in [0.15, 0.2) is 28.7 Å². The van der Waals surface area contributed by atoms with Gasteiger partial charge < -0.3 is 10.6 Å². The van der Waals surface area contributed by atoms with Gasteiger partial charge in [-0.25, -0.2) is 0 Å². The van der Waals surface area contributed by atoms with Crippen molar-refractivity contribution in [3.63, 3.8) is 0 Å². The number of carbonyl (C=O) groups is 2. The van der Waals surface area contributed by atoms with Crippen LogP contribution in [0.4, 0.5) is 0 Å². The zero-order chi connectivity index (χ0) is 17.4. The van der Waals surface area contributed by atoms with Gasteiger partial charge in [0.05, 0.1) is 6.04 Å². The Morgan fingerprint density at radius 1 is 1.17 bits per heavy atom. The van der Waals surface area contributed by atoms with Crippen LogP contribution in [0.1, 0.15) is 63.5 Å². The van der Waals surface area contributed by atoms with Crippen LogP contribution in [-0.2, 0) is 9.59 Å². The summed E-state index contributed by atoms with van der Waals surface area (Å²) in [5, 5.41) is 6.02. The first kappa shape index (κ1) is 19.0. The first-order valence-electron chi connectivity index (χ1n) is 8.85. The van der Waals surface area contributed by atoms with Gasteiger partial charge in [-0.3, -0.25) is 9.59 Å². The molecule has 1 aliphatic carbocycles. The minimum atomic E-state index is 0.00517. The van der Waals surface area contributed by atoms with E-state index in [4.69, 9.17) is 0 Å². The van der Waals surface area contributed by atoms with E-state index in [9.17, 15) is 9.59 Å². The summed E-state index contributed by atoms with van der Waals surface area (Å²) in [5.41, 5.74) is 1.20. The molecule has 1 fully saturated rings. The Balaban J connectivity index is 1.76. The second-order valence-corrected chi connectivity index (χ2v) is 7.50. The van der Waals surface area contributed by atoms with Crippen LogP contribution in [0.2, 0.25) is 0 Å². The molecule has 2 amide bonds. The molecule has 0 bridgehead atoms. The molecule has 1 aromatic carbocycles. The Labute approximate surface area is 152 Å². The molecule has 4 nitrogen and oxygen atoms in total. The molecular weight excluding hydrogens is 368 g/mol. The lowest BCUT2D eigenvalue weighted by molar-refractivity contribution is -0.122. The summed E-state index contributed by atoms with van der Waals surface area (Å²) in [7, 11) is 0. The third kappa shape index (κ3) is 6.27. The first-order valence-corrected chi connectivity index (χ1v) is 9.65. The molecule has 1 aromatic rings. The molecule has 0 saturated heterocycles. The smallest absolute Gasteiger partial charge is 0.220 e. The van der Waals surface area contributed by atoms with E-state index in [1.54, 1.807) is 0 Å². The summed E-state index contributed by atoms with van der Waals surface area (Å²) in [5.74, 6) is 0.704. The summed E-state index contributed by atoms with van der Waals surface area (Å²) in [4.78, 5) is 23.1. The minimum absolute atomic E-state index is 0.00517. The number of nitrogens with one attached hydrogen (secondary N) is 2. The largest absolute Gasteiger partial charge is 0.356 e. The van der Waals surface area contributed by atoms with Crippen molar-refractivity contribution in [2.45, 2.75) is 57.9 Å². The van der Waals surface area contributed by atoms with Crippen molar-refractivity contribution < 1.29 is 9.59 Å². The van der Waals surface area contributed by atoms with Crippen molar-refractivity contribution in [2.24, 2.45) is 5.92 Å². The molecule has 1 saturated carbocycles. The third-order valence-corrected chi connectivity index (χ3v) is 5.15. The maximum absolute atomic E-state index is 12.3. The van der Waals surface area contributed by atoms with E-state index in [1.807, 2.05) is 12.1 Å². The maximum Gasteiger partial charge on any atom is 0.220 e. The minimum Gasteiger partial charge on any atom is -0.356 e. The van der Waals surface area contributed by atoms with Gasteiger partial charge in [0.2, 0.25) is 11.8 Å². The third-order valence-electron chi connectivity index (χ3n) is 4.62. The second-order valence-electron chi connectivity index (χ2n) is 6.58. The molecule has 1 unspecified atom stereocenters. The number of carbonyl (C=O) groups excluding carboxylic acids is 2. The molecule has 1 atom stereocenters. The van der Waals surface area contributed by atoms with Gasteiger partial charge in [0, 0.05) is 24.4 Å². The highest BCUT2D eigenvalue weighted by Crippen LogP contribution is 2.38. The van der Waals surface area contributed by atoms with Gasteiger partial charge in [-0.05, 0) is 49.3 Å². The normalized spacial score (nSPS) is 15.4. The van der Waals surface area contributed by atoms with Gasteiger partial charge >= 0.3 is 0 Å². The molecule has 2 N–H and O–H groups in total. The molecule has 5 heteroatoms. The van der Waals surface area contributed by atoms with Gasteiger partial charge in [-0.15, -0.1) is 0 Å². The van der Waals surface area contributed by atoms with Crippen LogP contribution in [0, 0.1) is 5.92 Å². The fourth-order valence-electron chi connectivity index (χ4n) is 3.01. The SMILES string of the molecule is CC(=O)NCCCCCC(=O)NC(c1ccc(Br)cc1)C1CCC1. The van der Waals surface area contributed by atoms with Crippen LogP contribution in [0.3, 0.4) is 0 Å². The van der Waals surface area contributed by atoms with Crippen LogP contribution >= 0.6 is 15.9 Å². The van der Waals surface area contributed by atoms with Crippen molar-refractivity contribution in [1.29, 1.82) is 0 Å². The van der Waals surface area contributed by atoms with E-state index in [-0.39, 0.29) is 17.9 Å². The fraction of sp³-hybridized carbons (Fsp3) is 0.579. The van der Waals surface area contributed by atoms with Gasteiger partial charge in [-0.1, -0.05) is 40.9 Å². The Bertz CT molecular complexity index is 541. The summed E-state index contributed by atoms with van der Waals surface area (Å²) < 4.78 is 1.06. The van der Waals surface area contributed by atoms with Crippen molar-refractivity contribution >= 4 is 27.7 Å². The molecule has 24 heavy (non-hydrogen) atoms. The standard InChI is InChI=1S/C19H27BrN2O2/c1-14(23)21-13-4-2-3-8-18(24)22-19(15-6-5-7-15)16-9-11-17(20)12-10-16/h9-12,15,19H,2-8,13H2,1H3,(H,21,23)(H,22,24). The van der Waals surface area contributed by atoms with E-state index in [1.165, 1.54) is 31.7 Å². The van der Waals surface area contributed by atoms with Crippen molar-refractivity contribution in [1.82, 2.24) is 10.6 Å². The van der Waals surface area contributed by atoms with E-state index >= 15 is 0 Å². The van der Waals surface area contributed by atoms with Crippen LogP contribution in [-0.4, -0.2) is 18.4 Å². The van der Waals surface area contributed by atoms with Gasteiger partial charge in [0.1, 0.15) is 0 Å². The molecule has 1 aliphatic rings. The first-order chi connectivity index (χ1) is 11.6. The Hall–Kier alpha value is -1.36. The predicted molar refractivity (Wildman–Crippen MR) is 99.5 cm³/mol. The second kappa shape index (κ2) is 9.82. The van der Waals surface area contributed by atoms with Gasteiger partial charge in [-0.2, -0.15) is 0 Å². The number of hydrogen-bond donors (Lipinski definition) is 2. The van der Waals surface area contributed by atoms with E-state index in [0.717, 1.165) is 23.7 Å². The van der Waals surface area contributed by atoms with Gasteiger partial charge in [0.25, 0.3) is 0 Å². The Morgan fingerprint density at radius 2 is 1.88 bits per heavy atom. The lowest BCUT2D eigenvalue weighted by Crippen LogP contribution is -2.36. The maximum atomic E-state index is 12.3. The summed E-state index contributed by atoms with van der Waals surface area (Å²) in [6.07, 6.45) is 6.95. The number of halogens is 1. The predicted octanol–water partition coefficient (Wildman–Crippen LogP) is 4.10. The zero-order valence-corrected chi connectivity index (χ0v) is 15.9. The number of amides is 2. The molecule has 0 radical (unpaired) electrons. The highest BCUT2D eigenvalue weighted by Gasteiger charge is 2.29. The number of rotatable bonds is 9. The monoisotopic (exact) mass is 394 g/mol. The topological polar surface area (TPSA) is 58.2 Å². The fourth-order valence-corrected chi connectivity index (χ4v) is 3.28. The molecule has 0 spiro atoms. The van der Waals surface area contributed by atoms with E-state index in [2.05, 4.69) is 38.7 Å². The van der Waals surface area contributed by atoms with Crippen LogP contribution in [0.5, 0.6) is 0 Å². The highest BCUT2D eigenvalue weighted by molar-refractivity contribution is 9.10. The number of hydrogen-bond acceptors (Lipinski definition) is 2. The summed E-state index contributed by atoms with van der Waals surface area (Å²) >= 11 is 3.46. The van der Waals surface area contributed by atoms with Crippen molar-refractivity contribution in [3.05, 3.63) is 34.3 Å². The lowest BCUT2D eigenvalue weighted by atomic mass is 9.77. The zero-order valence-electron chi connectivity index (χ0n) is 14.3. The van der Waals surface area contributed by atoms with Crippen LogP contribution < -0.4 is 10.6 Å².